The van der Waals surface area contributed by atoms with E-state index in [9.17, 15) is 9.59 Å². The second-order valence-corrected chi connectivity index (χ2v) is 10.4. The monoisotopic (exact) mass is 550 g/mol. The number of hydrogen-bond donors (Lipinski definition) is 0. The third kappa shape index (κ3) is 8.87. The maximum atomic E-state index is 12.8. The molecule has 40 heavy (non-hydrogen) atoms. The van der Waals surface area contributed by atoms with E-state index in [0.29, 0.717) is 46.3 Å². The van der Waals surface area contributed by atoms with E-state index >= 15 is 0 Å². The van der Waals surface area contributed by atoms with Gasteiger partial charge in [-0.25, -0.2) is 9.59 Å². The van der Waals surface area contributed by atoms with Gasteiger partial charge < -0.3 is 18.9 Å². The highest BCUT2D eigenvalue weighted by Gasteiger charge is 2.22. The number of hydrogen-bond acceptors (Lipinski definition) is 6. The zero-order valence-electron chi connectivity index (χ0n) is 24.8. The van der Waals surface area contributed by atoms with Crippen LogP contribution in [0.3, 0.4) is 0 Å². The van der Waals surface area contributed by atoms with Crippen molar-refractivity contribution in [2.45, 2.75) is 105 Å². The fourth-order valence-electron chi connectivity index (χ4n) is 4.85. The third-order valence-electron chi connectivity index (χ3n) is 7.27. The number of rotatable bonds is 16. The predicted molar refractivity (Wildman–Crippen MR) is 162 cm³/mol. The van der Waals surface area contributed by atoms with Crippen molar-refractivity contribution in [3.05, 3.63) is 47.5 Å². The van der Waals surface area contributed by atoms with Crippen LogP contribution in [-0.4, -0.2) is 25.5 Å². The van der Waals surface area contributed by atoms with Gasteiger partial charge in [-0.3, -0.25) is 0 Å². The average Bonchev–Trinajstić information content (AvgIpc) is 2.97. The summed E-state index contributed by atoms with van der Waals surface area (Å²) in [6.45, 7) is 9.13. The second-order valence-electron chi connectivity index (χ2n) is 10.4. The minimum absolute atomic E-state index is 0.323. The molecule has 6 heteroatoms. The van der Waals surface area contributed by atoms with E-state index < -0.39 is 12.3 Å². The average molecular weight is 551 g/mol. The van der Waals surface area contributed by atoms with Crippen LogP contribution < -0.4 is 9.47 Å². The molecule has 0 atom stereocenters. The topological polar surface area (TPSA) is 71.1 Å². The third-order valence-corrected chi connectivity index (χ3v) is 7.27. The highest BCUT2D eigenvalue weighted by Crippen LogP contribution is 2.44. The lowest BCUT2D eigenvalue weighted by atomic mass is 9.96. The molecule has 0 saturated carbocycles. The van der Waals surface area contributed by atoms with Gasteiger partial charge in [-0.1, -0.05) is 103 Å². The lowest BCUT2D eigenvalue weighted by molar-refractivity contribution is 0.0965. The van der Waals surface area contributed by atoms with Gasteiger partial charge in [0.1, 0.15) is 11.5 Å². The van der Waals surface area contributed by atoms with Crippen LogP contribution in [0.25, 0.3) is 21.5 Å². The maximum absolute atomic E-state index is 12.8. The molecule has 0 bridgehead atoms. The molecule has 0 saturated heterocycles. The summed E-state index contributed by atoms with van der Waals surface area (Å²) in [4.78, 5) is 25.6. The normalized spacial score (nSPS) is 11.1. The summed E-state index contributed by atoms with van der Waals surface area (Å²) < 4.78 is 22.6. The minimum Gasteiger partial charge on any atom is -0.434 e. The molecule has 0 spiro atoms. The van der Waals surface area contributed by atoms with Gasteiger partial charge in [-0.05, 0) is 48.9 Å². The zero-order valence-corrected chi connectivity index (χ0v) is 24.8. The van der Waals surface area contributed by atoms with E-state index in [1.807, 2.05) is 36.4 Å². The quantitative estimate of drug-likeness (QED) is 0.0765. The first-order valence-electron chi connectivity index (χ1n) is 15.2. The Kier molecular flexibility index (Phi) is 13.1. The molecule has 0 unspecified atom stereocenters. The van der Waals surface area contributed by atoms with Crippen molar-refractivity contribution in [3.8, 4) is 11.5 Å². The molecule has 3 aromatic rings. The van der Waals surface area contributed by atoms with E-state index in [-0.39, 0.29) is 0 Å². The van der Waals surface area contributed by atoms with Crippen molar-refractivity contribution < 1.29 is 28.5 Å². The Morgan fingerprint density at radius 1 is 0.525 bits per heavy atom. The van der Waals surface area contributed by atoms with E-state index in [4.69, 9.17) is 18.9 Å². The van der Waals surface area contributed by atoms with Gasteiger partial charge in [0.05, 0.1) is 13.2 Å². The summed E-state index contributed by atoms with van der Waals surface area (Å²) in [5, 5.41) is 2.75. The van der Waals surface area contributed by atoms with E-state index in [1.165, 1.54) is 25.7 Å². The molecule has 0 aliphatic rings. The number of unbranched alkanes of at least 4 members (excludes halogenated alkanes) is 8. The lowest BCUT2D eigenvalue weighted by Gasteiger charge is -2.17. The Bertz CT molecular complexity index is 1150. The highest BCUT2D eigenvalue weighted by atomic mass is 16.7. The SMILES string of the molecule is CCCCCCCOC(=O)Oc1c2ccc(CC)cc2c(OC(=O)OCCCCCCC)c2ccc(CC)cc12. The fourth-order valence-corrected chi connectivity index (χ4v) is 4.85. The minimum atomic E-state index is -0.726. The van der Waals surface area contributed by atoms with Crippen molar-refractivity contribution in [1.29, 1.82) is 0 Å². The molecule has 0 heterocycles. The van der Waals surface area contributed by atoms with Crippen molar-refractivity contribution in [1.82, 2.24) is 0 Å². The first kappa shape index (κ1) is 31.3. The predicted octanol–water partition coefficient (Wildman–Crippen LogP) is 10.1. The lowest BCUT2D eigenvalue weighted by Crippen LogP contribution is -2.14. The summed E-state index contributed by atoms with van der Waals surface area (Å²) in [7, 11) is 0. The van der Waals surface area contributed by atoms with Crippen LogP contribution in [0, 0.1) is 0 Å². The summed E-state index contributed by atoms with van der Waals surface area (Å²) in [5.41, 5.74) is 2.15. The van der Waals surface area contributed by atoms with Gasteiger partial charge in [0.15, 0.2) is 0 Å². The molecule has 0 aliphatic heterocycles. The summed E-state index contributed by atoms with van der Waals surface area (Å²) in [6.07, 6.45) is 10.8. The Hall–Kier alpha value is -3.28. The maximum Gasteiger partial charge on any atom is 0.513 e. The standard InChI is InChI=1S/C34H46O6/c1-5-9-11-13-15-21-37-33(35)39-31-27-19-17-26(8-4)24-30(27)32(28-20-18-25(7-3)23-29(28)31)40-34(36)38-22-16-14-12-10-6-2/h17-20,23-24H,5-16,21-22H2,1-4H3. The molecule has 6 nitrogen and oxygen atoms in total. The van der Waals surface area contributed by atoms with Crippen LogP contribution in [0.4, 0.5) is 9.59 Å². The van der Waals surface area contributed by atoms with Crippen LogP contribution in [0.5, 0.6) is 11.5 Å². The number of fused-ring (bicyclic) bond motifs is 2. The van der Waals surface area contributed by atoms with Crippen molar-refractivity contribution >= 4 is 33.9 Å². The number of aryl methyl sites for hydroxylation is 2. The summed E-state index contributed by atoms with van der Waals surface area (Å²) in [6, 6.07) is 11.8. The molecule has 3 aromatic carbocycles. The molecular formula is C34H46O6. The van der Waals surface area contributed by atoms with Gasteiger partial charge in [-0.2, -0.15) is 0 Å². The molecule has 0 radical (unpaired) electrons. The first-order chi connectivity index (χ1) is 19.5. The number of ether oxygens (including phenoxy) is 4. The largest absolute Gasteiger partial charge is 0.513 e. The molecule has 218 valence electrons. The van der Waals surface area contributed by atoms with Gasteiger partial charge >= 0.3 is 12.3 Å². The Labute approximate surface area is 239 Å². The molecule has 0 fully saturated rings. The Balaban J connectivity index is 1.92. The first-order valence-corrected chi connectivity index (χ1v) is 15.2. The Morgan fingerprint density at radius 3 is 1.30 bits per heavy atom. The van der Waals surface area contributed by atoms with Gasteiger partial charge in [0.2, 0.25) is 0 Å². The number of carbonyl (C=O) groups excluding carboxylic acids is 2. The van der Waals surface area contributed by atoms with Crippen LogP contribution in [-0.2, 0) is 22.3 Å². The second kappa shape index (κ2) is 16.7. The highest BCUT2D eigenvalue weighted by molar-refractivity contribution is 6.12. The van der Waals surface area contributed by atoms with Crippen molar-refractivity contribution in [2.24, 2.45) is 0 Å². The molecule has 0 amide bonds. The molecule has 0 aliphatic carbocycles. The summed E-state index contributed by atoms with van der Waals surface area (Å²) >= 11 is 0. The van der Waals surface area contributed by atoms with Gasteiger partial charge in [0.25, 0.3) is 0 Å². The van der Waals surface area contributed by atoms with Crippen molar-refractivity contribution in [3.63, 3.8) is 0 Å². The number of carbonyl (C=O) groups is 2. The summed E-state index contributed by atoms with van der Waals surface area (Å²) in [5.74, 6) is 0.825. The molecular weight excluding hydrogens is 504 g/mol. The fraction of sp³-hybridized carbons (Fsp3) is 0.529. The van der Waals surface area contributed by atoms with E-state index in [2.05, 4.69) is 27.7 Å². The van der Waals surface area contributed by atoms with Gasteiger partial charge in [0, 0.05) is 21.5 Å². The molecule has 3 rings (SSSR count). The van der Waals surface area contributed by atoms with Crippen molar-refractivity contribution in [2.75, 3.05) is 13.2 Å². The van der Waals surface area contributed by atoms with Gasteiger partial charge in [-0.15, -0.1) is 0 Å². The smallest absolute Gasteiger partial charge is 0.434 e. The number of benzene rings is 3. The Morgan fingerprint density at radius 2 is 0.925 bits per heavy atom. The van der Waals surface area contributed by atoms with E-state index in [1.54, 1.807) is 0 Å². The van der Waals surface area contributed by atoms with Crippen LogP contribution in [0.1, 0.15) is 103 Å². The zero-order chi connectivity index (χ0) is 28.7. The molecule has 0 aromatic heterocycles. The van der Waals surface area contributed by atoms with Crippen LogP contribution in [0.15, 0.2) is 36.4 Å². The molecule has 0 N–H and O–H groups in total. The van der Waals surface area contributed by atoms with Crippen LogP contribution in [0.2, 0.25) is 0 Å². The van der Waals surface area contributed by atoms with E-state index in [0.717, 1.165) is 62.5 Å². The van der Waals surface area contributed by atoms with Crippen LogP contribution >= 0.6 is 0 Å².